The third-order valence-corrected chi connectivity index (χ3v) is 2.86. The first kappa shape index (κ1) is 10.0. The fourth-order valence-corrected chi connectivity index (χ4v) is 2.10. The summed E-state index contributed by atoms with van der Waals surface area (Å²) in [6, 6.07) is 9.32. The Balaban J connectivity index is 2.21. The number of nitrogens with one attached hydrogen (secondary N) is 1. The number of fused-ring (bicyclic) bond motifs is 1. The van der Waals surface area contributed by atoms with Crippen molar-refractivity contribution in [3.8, 4) is 5.69 Å². The molecular weight excluding hydrogens is 218 g/mol. The van der Waals surface area contributed by atoms with Gasteiger partial charge in [-0.15, -0.1) is 0 Å². The summed E-state index contributed by atoms with van der Waals surface area (Å²) < 4.78 is 1.51. The van der Waals surface area contributed by atoms with Crippen molar-refractivity contribution in [3.05, 3.63) is 47.3 Å². The second-order valence-electron chi connectivity index (χ2n) is 3.93. The van der Waals surface area contributed by atoms with Crippen molar-refractivity contribution in [3.63, 3.8) is 0 Å². The number of hydrogen-bond donors (Lipinski definition) is 2. The fraction of sp³-hybridized carbons (Fsp3) is 0.167. The first-order valence-electron chi connectivity index (χ1n) is 5.37. The summed E-state index contributed by atoms with van der Waals surface area (Å²) in [6.45, 7) is 1.21. The average molecular weight is 229 g/mol. The molecule has 17 heavy (non-hydrogen) atoms. The van der Waals surface area contributed by atoms with Crippen molar-refractivity contribution in [2.75, 3.05) is 0 Å². The highest BCUT2D eigenvalue weighted by atomic mass is 16.4. The van der Waals surface area contributed by atoms with Crippen LogP contribution in [0.15, 0.2) is 30.3 Å². The smallest absolute Gasteiger partial charge is 0.354 e. The Morgan fingerprint density at radius 2 is 2.06 bits per heavy atom. The summed E-state index contributed by atoms with van der Waals surface area (Å²) in [6.07, 6.45) is 0. The molecule has 5 nitrogen and oxygen atoms in total. The van der Waals surface area contributed by atoms with E-state index < -0.39 is 5.97 Å². The van der Waals surface area contributed by atoms with Gasteiger partial charge in [0.1, 0.15) is 0 Å². The summed E-state index contributed by atoms with van der Waals surface area (Å²) in [5, 5.41) is 16.7. The minimum atomic E-state index is -0.939. The number of benzene rings is 1. The highest BCUT2D eigenvalue weighted by molar-refractivity contribution is 5.88. The number of aromatic carboxylic acids is 1. The van der Waals surface area contributed by atoms with Crippen LogP contribution < -0.4 is 5.32 Å². The number of carboxylic acid groups (broad SMARTS) is 1. The van der Waals surface area contributed by atoms with E-state index in [1.54, 1.807) is 0 Å². The Morgan fingerprint density at radius 3 is 2.76 bits per heavy atom. The zero-order valence-electron chi connectivity index (χ0n) is 9.05. The van der Waals surface area contributed by atoms with E-state index in [0.29, 0.717) is 13.1 Å². The number of para-hydroxylation sites is 1. The molecule has 1 aromatic heterocycles. The average Bonchev–Trinajstić information content (AvgIpc) is 2.88. The van der Waals surface area contributed by atoms with Crippen LogP contribution in [-0.4, -0.2) is 20.9 Å². The lowest BCUT2D eigenvalue weighted by Crippen LogP contribution is -2.13. The molecule has 5 heteroatoms. The maximum atomic E-state index is 11.3. The van der Waals surface area contributed by atoms with Crippen LogP contribution in [0.2, 0.25) is 0 Å². The van der Waals surface area contributed by atoms with E-state index in [1.165, 1.54) is 4.68 Å². The number of rotatable bonds is 2. The molecule has 2 N–H and O–H groups in total. The van der Waals surface area contributed by atoms with Crippen molar-refractivity contribution >= 4 is 5.97 Å². The molecule has 0 radical (unpaired) electrons. The molecular formula is C12H11N3O2. The third-order valence-electron chi connectivity index (χ3n) is 2.86. The lowest BCUT2D eigenvalue weighted by molar-refractivity contribution is 0.0685. The maximum absolute atomic E-state index is 11.3. The van der Waals surface area contributed by atoms with E-state index in [9.17, 15) is 9.90 Å². The normalized spacial score (nSPS) is 13.6. The van der Waals surface area contributed by atoms with Crippen molar-refractivity contribution < 1.29 is 9.90 Å². The van der Waals surface area contributed by atoms with Crippen LogP contribution >= 0.6 is 0 Å². The molecule has 0 spiro atoms. The molecule has 1 aliphatic heterocycles. The van der Waals surface area contributed by atoms with Crippen LogP contribution in [0.5, 0.6) is 0 Å². The predicted octanol–water partition coefficient (Wildman–Crippen LogP) is 1.17. The summed E-state index contributed by atoms with van der Waals surface area (Å²) in [5.74, 6) is -0.939. The number of hydrogen-bond acceptors (Lipinski definition) is 3. The van der Waals surface area contributed by atoms with Crippen LogP contribution in [-0.2, 0) is 13.1 Å². The lowest BCUT2D eigenvalue weighted by atomic mass is 10.2. The number of carboxylic acids is 1. The van der Waals surface area contributed by atoms with Gasteiger partial charge < -0.3 is 10.4 Å². The molecule has 2 heterocycles. The zero-order chi connectivity index (χ0) is 11.8. The second-order valence-corrected chi connectivity index (χ2v) is 3.93. The van der Waals surface area contributed by atoms with E-state index in [4.69, 9.17) is 0 Å². The molecule has 0 bridgehead atoms. The Kier molecular flexibility index (Phi) is 2.19. The van der Waals surface area contributed by atoms with Gasteiger partial charge in [0.15, 0.2) is 5.69 Å². The van der Waals surface area contributed by atoms with Gasteiger partial charge in [0.05, 0.1) is 11.4 Å². The number of aromatic nitrogens is 2. The first-order chi connectivity index (χ1) is 8.27. The molecule has 0 atom stereocenters. The Bertz CT molecular complexity index is 575. The molecule has 3 rings (SSSR count). The quantitative estimate of drug-likeness (QED) is 0.811. The predicted molar refractivity (Wildman–Crippen MR) is 61.1 cm³/mol. The van der Waals surface area contributed by atoms with Crippen molar-refractivity contribution in [2.24, 2.45) is 0 Å². The standard InChI is InChI=1S/C12H11N3O2/c16-12(17)11-9-6-13-7-10(9)14-15(11)8-4-2-1-3-5-8/h1-5,13H,6-7H2,(H,16,17). The molecule has 86 valence electrons. The van der Waals surface area contributed by atoms with Crippen LogP contribution in [0.25, 0.3) is 5.69 Å². The molecule has 0 amide bonds. The van der Waals surface area contributed by atoms with Crippen molar-refractivity contribution in [1.29, 1.82) is 0 Å². The Hall–Kier alpha value is -2.14. The van der Waals surface area contributed by atoms with Gasteiger partial charge in [-0.25, -0.2) is 9.48 Å². The largest absolute Gasteiger partial charge is 0.476 e. The minimum Gasteiger partial charge on any atom is -0.476 e. The molecule has 2 aromatic rings. The molecule has 1 aromatic carbocycles. The van der Waals surface area contributed by atoms with Crippen molar-refractivity contribution in [2.45, 2.75) is 13.1 Å². The van der Waals surface area contributed by atoms with Crippen LogP contribution in [0.3, 0.4) is 0 Å². The summed E-state index contributed by atoms with van der Waals surface area (Å²) >= 11 is 0. The molecule has 0 saturated carbocycles. The summed E-state index contributed by atoms with van der Waals surface area (Å²) in [5.41, 5.74) is 2.66. The van der Waals surface area contributed by atoms with E-state index >= 15 is 0 Å². The lowest BCUT2D eigenvalue weighted by Gasteiger charge is -2.05. The summed E-state index contributed by atoms with van der Waals surface area (Å²) in [4.78, 5) is 11.3. The second kappa shape index (κ2) is 3.71. The third kappa shape index (κ3) is 1.52. The molecule has 0 fully saturated rings. The summed E-state index contributed by atoms with van der Waals surface area (Å²) in [7, 11) is 0. The Morgan fingerprint density at radius 1 is 1.29 bits per heavy atom. The molecule has 0 saturated heterocycles. The van der Waals surface area contributed by atoms with Gasteiger partial charge in [0, 0.05) is 18.7 Å². The van der Waals surface area contributed by atoms with Gasteiger partial charge in [-0.3, -0.25) is 0 Å². The molecule has 1 aliphatic rings. The van der Waals surface area contributed by atoms with Crippen LogP contribution in [0.4, 0.5) is 0 Å². The highest BCUT2D eigenvalue weighted by Gasteiger charge is 2.26. The fourth-order valence-electron chi connectivity index (χ4n) is 2.10. The van der Waals surface area contributed by atoms with Crippen molar-refractivity contribution in [1.82, 2.24) is 15.1 Å². The van der Waals surface area contributed by atoms with Gasteiger partial charge in [0.25, 0.3) is 0 Å². The van der Waals surface area contributed by atoms with E-state index in [-0.39, 0.29) is 5.69 Å². The molecule has 0 unspecified atom stereocenters. The monoisotopic (exact) mass is 229 g/mol. The van der Waals surface area contributed by atoms with E-state index in [0.717, 1.165) is 16.9 Å². The minimum absolute atomic E-state index is 0.260. The number of nitrogens with zero attached hydrogens (tertiary/aromatic N) is 2. The zero-order valence-corrected chi connectivity index (χ0v) is 9.05. The number of carbonyl (C=O) groups is 1. The van der Waals surface area contributed by atoms with Gasteiger partial charge in [-0.1, -0.05) is 18.2 Å². The van der Waals surface area contributed by atoms with Crippen LogP contribution in [0, 0.1) is 0 Å². The SMILES string of the molecule is O=C(O)c1c2c(nn1-c1ccccc1)CNC2. The van der Waals surface area contributed by atoms with E-state index in [1.807, 2.05) is 30.3 Å². The Labute approximate surface area is 97.7 Å². The first-order valence-corrected chi connectivity index (χ1v) is 5.37. The topological polar surface area (TPSA) is 67.1 Å². The maximum Gasteiger partial charge on any atom is 0.354 e. The van der Waals surface area contributed by atoms with Gasteiger partial charge in [-0.05, 0) is 12.1 Å². The molecule has 0 aliphatic carbocycles. The van der Waals surface area contributed by atoms with Gasteiger partial charge in [0.2, 0.25) is 0 Å². The van der Waals surface area contributed by atoms with Gasteiger partial charge in [-0.2, -0.15) is 5.10 Å². The van der Waals surface area contributed by atoms with Crippen LogP contribution in [0.1, 0.15) is 21.7 Å². The van der Waals surface area contributed by atoms with Gasteiger partial charge >= 0.3 is 5.97 Å². The van der Waals surface area contributed by atoms with E-state index in [2.05, 4.69) is 10.4 Å². The highest BCUT2D eigenvalue weighted by Crippen LogP contribution is 2.22.